The van der Waals surface area contributed by atoms with Crippen LogP contribution in [-0.4, -0.2) is 78.2 Å². The average molecular weight is 665 g/mol. The second kappa shape index (κ2) is 13.4. The van der Waals surface area contributed by atoms with E-state index in [4.69, 9.17) is 4.98 Å². The van der Waals surface area contributed by atoms with Crippen LogP contribution in [0.1, 0.15) is 23.1 Å². The van der Waals surface area contributed by atoms with E-state index in [0.717, 1.165) is 79.5 Å². The highest BCUT2D eigenvalue weighted by Gasteiger charge is 2.52. The number of rotatable bonds is 9. The lowest BCUT2D eigenvalue weighted by Gasteiger charge is -2.35. The molecule has 1 atom stereocenters. The molecule has 0 aliphatic carbocycles. The number of halogens is 3. The van der Waals surface area contributed by atoms with Crippen molar-refractivity contribution in [2.75, 3.05) is 37.6 Å². The highest BCUT2D eigenvalue weighted by molar-refractivity contribution is 7.89. The third-order valence-electron chi connectivity index (χ3n) is 8.46. The van der Waals surface area contributed by atoms with Crippen molar-refractivity contribution in [3.05, 3.63) is 108 Å². The number of anilines is 1. The Kier molecular flexibility index (Phi) is 9.31. The maximum atomic E-state index is 14.6. The normalized spacial score (nSPS) is 18.7. The number of benzene rings is 2. The molecule has 246 valence electrons. The lowest BCUT2D eigenvalue weighted by molar-refractivity contribution is -0.124. The molecule has 0 spiro atoms. The van der Waals surface area contributed by atoms with E-state index in [9.17, 15) is 26.4 Å². The van der Waals surface area contributed by atoms with Crippen molar-refractivity contribution in [3.63, 3.8) is 0 Å². The maximum absolute atomic E-state index is 14.6. The van der Waals surface area contributed by atoms with Crippen LogP contribution in [0.3, 0.4) is 0 Å². The number of carbonyl (C=O) groups excluding carboxylic acids is 1. The number of hydrogen-bond donors (Lipinski definition) is 1. The van der Waals surface area contributed by atoms with E-state index in [1.54, 1.807) is 6.20 Å². The molecular weight excluding hydrogens is 629 g/mol. The Labute approximate surface area is 272 Å². The first-order valence-electron chi connectivity index (χ1n) is 15.3. The zero-order valence-corrected chi connectivity index (χ0v) is 26.6. The molecule has 1 amide bonds. The van der Waals surface area contributed by atoms with Gasteiger partial charge in [-0.1, -0.05) is 35.9 Å². The molecule has 4 aromatic rings. The predicted octanol–water partition coefficient (Wildman–Crippen LogP) is 4.63. The Morgan fingerprint density at radius 3 is 2.38 bits per heavy atom. The summed E-state index contributed by atoms with van der Waals surface area (Å²) in [5.74, 6) is -4.19. The molecule has 0 saturated carbocycles. The van der Waals surface area contributed by atoms with Gasteiger partial charge < -0.3 is 10.2 Å². The van der Waals surface area contributed by atoms with Gasteiger partial charge in [0.2, 0.25) is 15.9 Å². The van der Waals surface area contributed by atoms with Gasteiger partial charge in [-0.25, -0.2) is 26.6 Å². The van der Waals surface area contributed by atoms with E-state index in [1.807, 2.05) is 55.6 Å². The Morgan fingerprint density at radius 1 is 0.979 bits per heavy atom. The number of amides is 1. The van der Waals surface area contributed by atoms with Crippen molar-refractivity contribution in [2.45, 2.75) is 43.3 Å². The second-order valence-corrected chi connectivity index (χ2v) is 13.9. The molecule has 2 aromatic carbocycles. The molecule has 2 fully saturated rings. The van der Waals surface area contributed by atoms with Gasteiger partial charge in [-0.15, -0.1) is 0 Å². The van der Waals surface area contributed by atoms with E-state index >= 15 is 0 Å². The molecule has 2 aliphatic rings. The highest BCUT2D eigenvalue weighted by Crippen LogP contribution is 2.36. The Hall–Kier alpha value is -4.33. The first-order valence-corrected chi connectivity index (χ1v) is 16.8. The van der Waals surface area contributed by atoms with Crippen LogP contribution >= 0.6 is 0 Å². The fourth-order valence-electron chi connectivity index (χ4n) is 5.90. The standard InChI is InChI=1S/C34H35F3N6O3S/c1-24-4-6-27(7-5-24)30-17-26(18-32(40-30)42-15-13-41(14-16-42)22-25-3-2-12-38-20-25)21-39-33(44)31-19-34(36,37)23-43(31)47(45,46)29-10-8-28(35)9-11-29/h2-12,17-18,20,31H,13-16,19,21-23H2,1H3,(H,39,44)/t31-/m0/s1. The van der Waals surface area contributed by atoms with Crippen molar-refractivity contribution >= 4 is 21.7 Å². The van der Waals surface area contributed by atoms with E-state index in [1.165, 1.54) is 0 Å². The summed E-state index contributed by atoms with van der Waals surface area (Å²) in [5, 5.41) is 2.69. The van der Waals surface area contributed by atoms with Crippen molar-refractivity contribution in [3.8, 4) is 11.3 Å². The summed E-state index contributed by atoms with van der Waals surface area (Å²) in [7, 11) is -4.49. The van der Waals surface area contributed by atoms with Crippen LogP contribution in [0.2, 0.25) is 0 Å². The quantitative estimate of drug-likeness (QED) is 0.279. The van der Waals surface area contributed by atoms with Crippen molar-refractivity contribution in [1.29, 1.82) is 0 Å². The van der Waals surface area contributed by atoms with Crippen LogP contribution < -0.4 is 10.2 Å². The van der Waals surface area contributed by atoms with Gasteiger partial charge in [0.25, 0.3) is 5.92 Å². The third-order valence-corrected chi connectivity index (χ3v) is 10.3. The van der Waals surface area contributed by atoms with E-state index in [-0.39, 0.29) is 11.4 Å². The van der Waals surface area contributed by atoms with Crippen molar-refractivity contribution < 1.29 is 26.4 Å². The molecule has 1 N–H and O–H groups in total. The van der Waals surface area contributed by atoms with Crippen LogP contribution in [0.5, 0.6) is 0 Å². The van der Waals surface area contributed by atoms with E-state index < -0.39 is 46.7 Å². The van der Waals surface area contributed by atoms with Gasteiger partial charge in [-0.3, -0.25) is 14.7 Å². The molecule has 0 unspecified atom stereocenters. The summed E-state index contributed by atoms with van der Waals surface area (Å²) in [6, 6.07) is 17.8. The molecule has 9 nitrogen and oxygen atoms in total. The number of alkyl halides is 2. The predicted molar refractivity (Wildman–Crippen MR) is 172 cm³/mol. The molecule has 2 saturated heterocycles. The molecule has 0 radical (unpaired) electrons. The molecular formula is C34H35F3N6O3S. The molecule has 2 aromatic heterocycles. The molecule has 2 aliphatic heterocycles. The van der Waals surface area contributed by atoms with Crippen LogP contribution in [0.15, 0.2) is 90.1 Å². The number of aryl methyl sites for hydroxylation is 1. The lowest BCUT2D eigenvalue weighted by Crippen LogP contribution is -2.46. The zero-order chi connectivity index (χ0) is 33.2. The summed E-state index contributed by atoms with van der Waals surface area (Å²) in [5.41, 5.74) is 4.50. The third kappa shape index (κ3) is 7.64. The largest absolute Gasteiger partial charge is 0.354 e. The fraction of sp³-hybridized carbons (Fsp3) is 0.324. The Balaban J connectivity index is 1.20. The number of aromatic nitrogens is 2. The monoisotopic (exact) mass is 664 g/mol. The summed E-state index contributed by atoms with van der Waals surface area (Å²) >= 11 is 0. The Morgan fingerprint density at radius 2 is 1.70 bits per heavy atom. The minimum absolute atomic E-state index is 0.0271. The number of hydrogen-bond acceptors (Lipinski definition) is 7. The van der Waals surface area contributed by atoms with Gasteiger partial charge in [0.1, 0.15) is 17.7 Å². The molecule has 4 heterocycles. The summed E-state index contributed by atoms with van der Waals surface area (Å²) < 4.78 is 69.7. The van der Waals surface area contributed by atoms with Gasteiger partial charge >= 0.3 is 0 Å². The number of pyridine rings is 2. The van der Waals surface area contributed by atoms with Gasteiger partial charge in [0, 0.05) is 63.6 Å². The highest BCUT2D eigenvalue weighted by atomic mass is 32.2. The van der Waals surface area contributed by atoms with E-state index in [0.29, 0.717) is 15.6 Å². The summed E-state index contributed by atoms with van der Waals surface area (Å²) in [6.45, 7) is 4.69. The van der Waals surface area contributed by atoms with Crippen LogP contribution in [-0.2, 0) is 27.9 Å². The van der Waals surface area contributed by atoms with Crippen LogP contribution in [0.4, 0.5) is 19.0 Å². The minimum Gasteiger partial charge on any atom is -0.354 e. The molecule has 6 rings (SSSR count). The zero-order valence-electron chi connectivity index (χ0n) is 25.8. The van der Waals surface area contributed by atoms with Gasteiger partial charge in [-0.05, 0) is 60.5 Å². The molecule has 0 bridgehead atoms. The Bertz CT molecular complexity index is 1820. The smallest absolute Gasteiger partial charge is 0.263 e. The van der Waals surface area contributed by atoms with Crippen LogP contribution in [0.25, 0.3) is 11.3 Å². The van der Waals surface area contributed by atoms with Crippen molar-refractivity contribution in [2.24, 2.45) is 0 Å². The number of nitrogens with one attached hydrogen (secondary N) is 1. The first-order chi connectivity index (χ1) is 22.5. The van der Waals surface area contributed by atoms with Gasteiger partial charge in [0.05, 0.1) is 17.1 Å². The van der Waals surface area contributed by atoms with Crippen molar-refractivity contribution in [1.82, 2.24) is 24.5 Å². The maximum Gasteiger partial charge on any atom is 0.263 e. The summed E-state index contributed by atoms with van der Waals surface area (Å²) in [6.07, 6.45) is 2.66. The van der Waals surface area contributed by atoms with Gasteiger partial charge in [0.15, 0.2) is 0 Å². The SMILES string of the molecule is Cc1ccc(-c2cc(CNC(=O)[C@@H]3CC(F)(F)CN3S(=O)(=O)c3ccc(F)cc3)cc(N3CCN(Cc4cccnc4)CC3)n2)cc1. The fourth-order valence-corrected chi connectivity index (χ4v) is 7.52. The number of nitrogens with zero attached hydrogens (tertiary/aromatic N) is 5. The molecule has 13 heteroatoms. The molecule has 47 heavy (non-hydrogen) atoms. The average Bonchev–Trinajstić information content (AvgIpc) is 3.41. The van der Waals surface area contributed by atoms with Crippen LogP contribution in [0, 0.1) is 12.7 Å². The number of piperazine rings is 1. The lowest BCUT2D eigenvalue weighted by atomic mass is 10.1. The minimum atomic E-state index is -4.49. The number of sulfonamides is 1. The van der Waals surface area contributed by atoms with E-state index in [2.05, 4.69) is 26.2 Å². The van der Waals surface area contributed by atoms with Gasteiger partial charge in [-0.2, -0.15) is 4.31 Å². The second-order valence-electron chi connectivity index (χ2n) is 12.0. The summed E-state index contributed by atoms with van der Waals surface area (Å²) in [4.78, 5) is 26.7. The number of carbonyl (C=O) groups is 1. The topological polar surface area (TPSA) is 98.7 Å². The first kappa shape index (κ1) is 32.6.